The Morgan fingerprint density at radius 3 is 1.38 bits per heavy atom. The number of fused-ring (bicyclic) bond motifs is 8. The van der Waals surface area contributed by atoms with E-state index in [0.717, 1.165) is 82.9 Å². The van der Waals surface area contributed by atoms with Crippen molar-refractivity contribution in [1.29, 1.82) is 0 Å². The summed E-state index contributed by atoms with van der Waals surface area (Å²) in [4.78, 5) is 4.28. The normalized spacial score (nSPS) is 13.4. The van der Waals surface area contributed by atoms with Crippen LogP contribution in [-0.4, -0.2) is 13.1 Å². The van der Waals surface area contributed by atoms with E-state index in [1.807, 2.05) is 62.4 Å². The highest BCUT2D eigenvalue weighted by molar-refractivity contribution is 7.00. The van der Waals surface area contributed by atoms with Gasteiger partial charge in [-0.3, -0.25) is 0 Å². The lowest BCUT2D eigenvalue weighted by Crippen LogP contribution is -2.61. The third-order valence-electron chi connectivity index (χ3n) is 10.3. The molecule has 7 aromatic rings. The standard InChI is InChI=1S/C43H32BF3N2O/c1-25-11-15-29(16-12-25)48-38-23-31(50-43(45,46)47)24-39-40(38)44(36-21-19-32-27(3)7-5-9-34(32)41(36)48)37-22-20-33-28(4)8-6-10-35(33)42(37)49(39)30-17-13-26(2)14-18-30/h5-24H,1-4H3. The van der Waals surface area contributed by atoms with Crippen molar-refractivity contribution in [3.05, 3.63) is 144 Å². The van der Waals surface area contributed by atoms with Gasteiger partial charge in [-0.1, -0.05) is 96.1 Å². The molecule has 0 N–H and O–H groups in total. The SMILES string of the molecule is Cc1ccc(N2c3cc(OC(F)(F)F)cc4c3B(c3ccc5c(C)cccc5c32)c2ccc3c(C)cccc3c2N4c2ccc(C)cc2)cc1. The van der Waals surface area contributed by atoms with Gasteiger partial charge in [-0.05, 0) is 90.2 Å². The minimum atomic E-state index is -4.88. The van der Waals surface area contributed by atoms with Crippen LogP contribution in [0.4, 0.5) is 47.3 Å². The zero-order chi connectivity index (χ0) is 34.5. The molecule has 2 aliphatic rings. The third kappa shape index (κ3) is 4.60. The van der Waals surface area contributed by atoms with Crippen molar-refractivity contribution in [2.24, 2.45) is 0 Å². The van der Waals surface area contributed by atoms with Crippen LogP contribution in [0.5, 0.6) is 5.75 Å². The summed E-state index contributed by atoms with van der Waals surface area (Å²) in [6.45, 7) is 8.00. The number of hydrogen-bond donors (Lipinski definition) is 0. The Morgan fingerprint density at radius 2 is 0.960 bits per heavy atom. The number of alkyl halides is 3. The molecule has 50 heavy (non-hydrogen) atoms. The molecule has 9 rings (SSSR count). The van der Waals surface area contributed by atoms with Gasteiger partial charge in [-0.15, -0.1) is 13.2 Å². The number of anilines is 6. The quantitative estimate of drug-likeness (QED) is 0.176. The summed E-state index contributed by atoms with van der Waals surface area (Å²) in [5.41, 5.74) is 12.5. The highest BCUT2D eigenvalue weighted by atomic mass is 19.4. The maximum Gasteiger partial charge on any atom is 0.573 e. The second-order valence-corrected chi connectivity index (χ2v) is 13.5. The minimum absolute atomic E-state index is 0.261. The number of hydrogen-bond acceptors (Lipinski definition) is 3. The summed E-state index contributed by atoms with van der Waals surface area (Å²) >= 11 is 0. The first-order valence-corrected chi connectivity index (χ1v) is 16.8. The van der Waals surface area contributed by atoms with E-state index in [1.54, 1.807) is 12.1 Å². The first kappa shape index (κ1) is 30.4. The predicted octanol–water partition coefficient (Wildman–Crippen LogP) is 10.2. The van der Waals surface area contributed by atoms with Gasteiger partial charge in [0.1, 0.15) is 5.75 Å². The lowest BCUT2D eigenvalue weighted by Gasteiger charge is -2.45. The van der Waals surface area contributed by atoms with Crippen LogP contribution in [0.15, 0.2) is 121 Å². The molecule has 0 atom stereocenters. The van der Waals surface area contributed by atoms with E-state index in [0.29, 0.717) is 11.4 Å². The van der Waals surface area contributed by atoms with Crippen molar-refractivity contribution < 1.29 is 17.9 Å². The van der Waals surface area contributed by atoms with Gasteiger partial charge in [0.2, 0.25) is 0 Å². The Bertz CT molecular complexity index is 2340. The van der Waals surface area contributed by atoms with Crippen LogP contribution in [-0.2, 0) is 0 Å². The zero-order valence-corrected chi connectivity index (χ0v) is 28.1. The molecule has 0 unspecified atom stereocenters. The topological polar surface area (TPSA) is 15.7 Å². The Balaban J connectivity index is 1.47. The summed E-state index contributed by atoms with van der Waals surface area (Å²) < 4.78 is 47.3. The summed E-state index contributed by atoms with van der Waals surface area (Å²) in [5, 5.41) is 4.27. The van der Waals surface area contributed by atoms with Crippen LogP contribution in [0.25, 0.3) is 21.5 Å². The molecule has 3 nitrogen and oxygen atoms in total. The van der Waals surface area contributed by atoms with E-state index in [2.05, 4.69) is 84.3 Å². The summed E-state index contributed by atoms with van der Waals surface area (Å²) in [6.07, 6.45) is -4.88. The van der Waals surface area contributed by atoms with Gasteiger partial charge >= 0.3 is 6.36 Å². The van der Waals surface area contributed by atoms with Gasteiger partial charge in [-0.25, -0.2) is 0 Å². The lowest BCUT2D eigenvalue weighted by atomic mass is 9.33. The Morgan fingerprint density at radius 1 is 0.520 bits per heavy atom. The molecule has 0 spiro atoms. The number of rotatable bonds is 3. The number of aryl methyl sites for hydroxylation is 4. The molecule has 0 fully saturated rings. The first-order chi connectivity index (χ1) is 24.1. The molecule has 0 aromatic heterocycles. The smallest absolute Gasteiger partial charge is 0.406 e. The van der Waals surface area contributed by atoms with Crippen LogP contribution < -0.4 is 30.9 Å². The van der Waals surface area contributed by atoms with Crippen molar-refractivity contribution in [2.75, 3.05) is 9.80 Å². The van der Waals surface area contributed by atoms with E-state index in [4.69, 9.17) is 4.74 Å². The summed E-state index contributed by atoms with van der Waals surface area (Å²) in [6, 6.07) is 40.9. The fourth-order valence-corrected chi connectivity index (χ4v) is 8.10. The molecule has 244 valence electrons. The number of benzene rings is 7. The van der Waals surface area contributed by atoms with Crippen molar-refractivity contribution in [3.8, 4) is 5.75 Å². The van der Waals surface area contributed by atoms with Gasteiger partial charge in [0.15, 0.2) is 0 Å². The van der Waals surface area contributed by atoms with E-state index in [9.17, 15) is 13.2 Å². The zero-order valence-electron chi connectivity index (χ0n) is 28.1. The lowest BCUT2D eigenvalue weighted by molar-refractivity contribution is -0.274. The molecule has 0 radical (unpaired) electrons. The van der Waals surface area contributed by atoms with E-state index < -0.39 is 6.36 Å². The second kappa shape index (κ2) is 10.9. The largest absolute Gasteiger partial charge is 0.573 e. The fourth-order valence-electron chi connectivity index (χ4n) is 8.10. The van der Waals surface area contributed by atoms with Crippen LogP contribution >= 0.6 is 0 Å². The van der Waals surface area contributed by atoms with Crippen LogP contribution in [0, 0.1) is 27.7 Å². The highest BCUT2D eigenvalue weighted by Gasteiger charge is 2.45. The Labute approximate surface area is 289 Å². The van der Waals surface area contributed by atoms with Gasteiger partial charge in [0.25, 0.3) is 6.71 Å². The van der Waals surface area contributed by atoms with Gasteiger partial charge in [0.05, 0.1) is 0 Å². The molecule has 0 saturated carbocycles. The molecule has 0 bridgehead atoms. The Kier molecular flexibility index (Phi) is 6.63. The predicted molar refractivity (Wildman–Crippen MR) is 201 cm³/mol. The second-order valence-electron chi connectivity index (χ2n) is 13.5. The molecular formula is C43H32BF3N2O. The van der Waals surface area contributed by atoms with Gasteiger partial charge in [-0.2, -0.15) is 0 Å². The molecule has 7 heteroatoms. The first-order valence-electron chi connectivity index (χ1n) is 16.8. The van der Waals surface area contributed by atoms with Crippen molar-refractivity contribution in [2.45, 2.75) is 34.1 Å². The third-order valence-corrected chi connectivity index (χ3v) is 10.3. The molecule has 7 aromatic carbocycles. The summed E-state index contributed by atoms with van der Waals surface area (Å²) in [5.74, 6) is -0.265. The van der Waals surface area contributed by atoms with Crippen molar-refractivity contribution in [1.82, 2.24) is 0 Å². The summed E-state index contributed by atoms with van der Waals surface area (Å²) in [7, 11) is 0. The number of nitrogens with zero attached hydrogens (tertiary/aromatic N) is 2. The molecule has 2 heterocycles. The average Bonchev–Trinajstić information content (AvgIpc) is 3.08. The van der Waals surface area contributed by atoms with Crippen LogP contribution in [0.1, 0.15) is 22.3 Å². The van der Waals surface area contributed by atoms with E-state index in [1.165, 1.54) is 0 Å². The number of halogens is 3. The molecule has 0 saturated heterocycles. The van der Waals surface area contributed by atoms with Crippen LogP contribution in [0.2, 0.25) is 0 Å². The number of ether oxygens (including phenoxy) is 1. The average molecular weight is 661 g/mol. The molecular weight excluding hydrogens is 628 g/mol. The van der Waals surface area contributed by atoms with Gasteiger partial charge in [0, 0.05) is 57.0 Å². The maximum absolute atomic E-state index is 14.2. The highest BCUT2D eigenvalue weighted by Crippen LogP contribution is 2.49. The monoisotopic (exact) mass is 660 g/mol. The van der Waals surface area contributed by atoms with E-state index >= 15 is 0 Å². The maximum atomic E-state index is 14.2. The fraction of sp³-hybridized carbons (Fsp3) is 0.116. The van der Waals surface area contributed by atoms with Crippen molar-refractivity contribution in [3.63, 3.8) is 0 Å². The molecule has 0 amide bonds. The van der Waals surface area contributed by atoms with Crippen LogP contribution in [0.3, 0.4) is 0 Å². The Hall–Kier alpha value is -5.69. The minimum Gasteiger partial charge on any atom is -0.406 e. The van der Waals surface area contributed by atoms with E-state index in [-0.39, 0.29) is 12.5 Å². The molecule has 0 aliphatic carbocycles. The van der Waals surface area contributed by atoms with Crippen molar-refractivity contribution >= 4 is 78.8 Å². The van der Waals surface area contributed by atoms with Gasteiger partial charge < -0.3 is 14.5 Å². The molecule has 2 aliphatic heterocycles.